The van der Waals surface area contributed by atoms with Crippen molar-refractivity contribution in [3.05, 3.63) is 29.8 Å². The molecule has 3 nitrogen and oxygen atoms in total. The summed E-state index contributed by atoms with van der Waals surface area (Å²) < 4.78 is 11.4. The Morgan fingerprint density at radius 3 is 2.75 bits per heavy atom. The molecule has 0 spiro atoms. The fourth-order valence-electron chi connectivity index (χ4n) is 2.10. The van der Waals surface area contributed by atoms with E-state index in [2.05, 4.69) is 24.4 Å². The molecule has 1 saturated carbocycles. The van der Waals surface area contributed by atoms with Crippen LogP contribution < -0.4 is 10.1 Å². The molecule has 1 aromatic carbocycles. The van der Waals surface area contributed by atoms with Crippen LogP contribution in [0.15, 0.2) is 24.3 Å². The first-order chi connectivity index (χ1) is 9.90. The largest absolute Gasteiger partial charge is 0.491 e. The van der Waals surface area contributed by atoms with E-state index in [1.807, 2.05) is 12.1 Å². The van der Waals surface area contributed by atoms with Crippen LogP contribution in [0.25, 0.3) is 0 Å². The van der Waals surface area contributed by atoms with E-state index in [9.17, 15) is 0 Å². The lowest BCUT2D eigenvalue weighted by atomic mass is 10.2. The first-order valence-electron chi connectivity index (χ1n) is 7.92. The molecule has 0 aliphatic heterocycles. The van der Waals surface area contributed by atoms with Gasteiger partial charge in [-0.05, 0) is 25.3 Å². The summed E-state index contributed by atoms with van der Waals surface area (Å²) in [6, 6.07) is 8.99. The predicted octanol–water partition coefficient (Wildman–Crippen LogP) is 3.52. The standard InChI is InChI=1S/C17H27NO2/c1-2-3-6-11-19-12-13-20-17-8-5-4-7-15(17)14-18-16-9-10-16/h4-5,7-8,16,18H,2-3,6,9-14H2,1H3. The molecule has 1 aliphatic rings. The Labute approximate surface area is 122 Å². The van der Waals surface area contributed by atoms with Crippen molar-refractivity contribution in [2.45, 2.75) is 51.6 Å². The number of hydrogen-bond donors (Lipinski definition) is 1. The molecule has 0 bridgehead atoms. The Morgan fingerprint density at radius 2 is 1.95 bits per heavy atom. The van der Waals surface area contributed by atoms with Gasteiger partial charge in [-0.1, -0.05) is 38.0 Å². The molecule has 1 N–H and O–H groups in total. The lowest BCUT2D eigenvalue weighted by molar-refractivity contribution is 0.0970. The summed E-state index contributed by atoms with van der Waals surface area (Å²) >= 11 is 0. The van der Waals surface area contributed by atoms with Gasteiger partial charge in [-0.25, -0.2) is 0 Å². The van der Waals surface area contributed by atoms with Gasteiger partial charge in [-0.2, -0.15) is 0 Å². The van der Waals surface area contributed by atoms with E-state index in [-0.39, 0.29) is 0 Å². The quantitative estimate of drug-likeness (QED) is 0.628. The fraction of sp³-hybridized carbons (Fsp3) is 0.647. The number of para-hydroxylation sites is 1. The van der Waals surface area contributed by atoms with E-state index in [1.54, 1.807) is 0 Å². The summed E-state index contributed by atoms with van der Waals surface area (Å²) in [6.07, 6.45) is 6.26. The topological polar surface area (TPSA) is 30.5 Å². The van der Waals surface area contributed by atoms with Gasteiger partial charge in [0.25, 0.3) is 0 Å². The SMILES string of the molecule is CCCCCOCCOc1ccccc1CNC1CC1. The van der Waals surface area contributed by atoms with Crippen LogP contribution in [0.4, 0.5) is 0 Å². The molecule has 0 aromatic heterocycles. The number of ether oxygens (including phenoxy) is 2. The zero-order chi connectivity index (χ0) is 14.0. The molecule has 0 atom stereocenters. The maximum absolute atomic E-state index is 5.83. The first kappa shape index (κ1) is 15.3. The normalized spacial score (nSPS) is 14.4. The van der Waals surface area contributed by atoms with Crippen molar-refractivity contribution in [2.75, 3.05) is 19.8 Å². The van der Waals surface area contributed by atoms with E-state index in [1.165, 1.54) is 31.2 Å². The maximum Gasteiger partial charge on any atom is 0.123 e. The van der Waals surface area contributed by atoms with E-state index in [4.69, 9.17) is 9.47 Å². The predicted molar refractivity (Wildman–Crippen MR) is 82.1 cm³/mol. The molecule has 0 radical (unpaired) electrons. The highest BCUT2D eigenvalue weighted by Gasteiger charge is 2.20. The minimum Gasteiger partial charge on any atom is -0.491 e. The lowest BCUT2D eigenvalue weighted by Crippen LogP contribution is -2.16. The second kappa shape index (κ2) is 8.98. The third-order valence-electron chi connectivity index (χ3n) is 3.51. The molecule has 20 heavy (non-hydrogen) atoms. The average molecular weight is 277 g/mol. The Kier molecular flexibility index (Phi) is 6.89. The molecule has 0 unspecified atom stereocenters. The first-order valence-corrected chi connectivity index (χ1v) is 7.92. The summed E-state index contributed by atoms with van der Waals surface area (Å²) in [7, 11) is 0. The van der Waals surface area contributed by atoms with Crippen LogP contribution in [0.5, 0.6) is 5.75 Å². The molecule has 0 saturated heterocycles. The fourth-order valence-corrected chi connectivity index (χ4v) is 2.10. The molecule has 112 valence electrons. The molecule has 0 heterocycles. The summed E-state index contributed by atoms with van der Waals surface area (Å²) in [5, 5.41) is 3.53. The minimum absolute atomic E-state index is 0.632. The zero-order valence-corrected chi connectivity index (χ0v) is 12.6. The van der Waals surface area contributed by atoms with Crippen LogP contribution in [-0.4, -0.2) is 25.9 Å². The van der Waals surface area contributed by atoms with Gasteiger partial charge in [-0.15, -0.1) is 0 Å². The van der Waals surface area contributed by atoms with E-state index < -0.39 is 0 Å². The molecule has 2 rings (SSSR count). The van der Waals surface area contributed by atoms with Crippen LogP contribution in [-0.2, 0) is 11.3 Å². The monoisotopic (exact) mass is 277 g/mol. The van der Waals surface area contributed by atoms with Crippen LogP contribution >= 0.6 is 0 Å². The average Bonchev–Trinajstić information content (AvgIpc) is 3.29. The molecular formula is C17H27NO2. The van der Waals surface area contributed by atoms with E-state index >= 15 is 0 Å². The smallest absolute Gasteiger partial charge is 0.123 e. The van der Waals surface area contributed by atoms with Gasteiger partial charge in [-0.3, -0.25) is 0 Å². The Balaban J connectivity index is 1.63. The highest BCUT2D eigenvalue weighted by molar-refractivity contribution is 5.33. The summed E-state index contributed by atoms with van der Waals surface area (Å²) in [4.78, 5) is 0. The number of hydrogen-bond acceptors (Lipinski definition) is 3. The van der Waals surface area contributed by atoms with Crippen molar-refractivity contribution < 1.29 is 9.47 Å². The van der Waals surface area contributed by atoms with Gasteiger partial charge in [0, 0.05) is 24.8 Å². The molecule has 3 heteroatoms. The van der Waals surface area contributed by atoms with Gasteiger partial charge in [0.05, 0.1) is 6.61 Å². The minimum atomic E-state index is 0.632. The number of rotatable bonds is 11. The third-order valence-corrected chi connectivity index (χ3v) is 3.51. The van der Waals surface area contributed by atoms with E-state index in [0.29, 0.717) is 13.2 Å². The molecular weight excluding hydrogens is 250 g/mol. The van der Waals surface area contributed by atoms with Crippen LogP contribution in [0, 0.1) is 0 Å². The second-order valence-electron chi connectivity index (χ2n) is 5.43. The Bertz CT molecular complexity index is 377. The molecule has 0 amide bonds. The molecule has 1 fully saturated rings. The number of unbranched alkanes of at least 4 members (excludes halogenated alkanes) is 2. The highest BCUT2D eigenvalue weighted by atomic mass is 16.5. The van der Waals surface area contributed by atoms with Crippen molar-refractivity contribution in [3.8, 4) is 5.75 Å². The third kappa shape index (κ3) is 5.93. The zero-order valence-electron chi connectivity index (χ0n) is 12.6. The van der Waals surface area contributed by atoms with Gasteiger partial charge >= 0.3 is 0 Å². The van der Waals surface area contributed by atoms with Crippen molar-refractivity contribution in [3.63, 3.8) is 0 Å². The summed E-state index contributed by atoms with van der Waals surface area (Å²) in [5.74, 6) is 0.984. The Morgan fingerprint density at radius 1 is 1.10 bits per heavy atom. The van der Waals surface area contributed by atoms with Gasteiger partial charge in [0.2, 0.25) is 0 Å². The van der Waals surface area contributed by atoms with Crippen molar-refractivity contribution in [1.29, 1.82) is 0 Å². The van der Waals surface area contributed by atoms with E-state index in [0.717, 1.165) is 31.4 Å². The molecule has 1 aliphatic carbocycles. The molecule has 1 aromatic rings. The van der Waals surface area contributed by atoms with Crippen LogP contribution in [0.1, 0.15) is 44.6 Å². The van der Waals surface area contributed by atoms with Gasteiger partial charge < -0.3 is 14.8 Å². The van der Waals surface area contributed by atoms with Gasteiger partial charge in [0.15, 0.2) is 0 Å². The Hall–Kier alpha value is -1.06. The summed E-state index contributed by atoms with van der Waals surface area (Å²) in [5.41, 5.74) is 1.24. The van der Waals surface area contributed by atoms with Crippen molar-refractivity contribution >= 4 is 0 Å². The van der Waals surface area contributed by atoms with Crippen molar-refractivity contribution in [2.24, 2.45) is 0 Å². The number of benzene rings is 1. The van der Waals surface area contributed by atoms with Crippen LogP contribution in [0.3, 0.4) is 0 Å². The lowest BCUT2D eigenvalue weighted by Gasteiger charge is -2.12. The van der Waals surface area contributed by atoms with Gasteiger partial charge in [0.1, 0.15) is 12.4 Å². The second-order valence-corrected chi connectivity index (χ2v) is 5.43. The van der Waals surface area contributed by atoms with Crippen LogP contribution in [0.2, 0.25) is 0 Å². The van der Waals surface area contributed by atoms with Crippen molar-refractivity contribution in [1.82, 2.24) is 5.32 Å². The number of nitrogens with one attached hydrogen (secondary N) is 1. The highest BCUT2D eigenvalue weighted by Crippen LogP contribution is 2.22. The summed E-state index contributed by atoms with van der Waals surface area (Å²) in [6.45, 7) is 5.26. The maximum atomic E-state index is 5.83.